The van der Waals surface area contributed by atoms with E-state index >= 15 is 0 Å². The molecule has 2 aliphatic rings. The second-order valence-electron chi connectivity index (χ2n) is 6.59. The first kappa shape index (κ1) is 13.7. The predicted molar refractivity (Wildman–Crippen MR) is 80.2 cm³/mol. The Morgan fingerprint density at radius 2 is 2.05 bits per heavy atom. The maximum atomic E-state index is 6.61. The molecule has 1 aromatic carbocycles. The summed E-state index contributed by atoms with van der Waals surface area (Å²) in [5.41, 5.74) is 7.34. The zero-order valence-corrected chi connectivity index (χ0v) is 12.6. The minimum atomic E-state index is -0.330. The van der Waals surface area contributed by atoms with Crippen LogP contribution in [0.15, 0.2) is 18.2 Å². The van der Waals surface area contributed by atoms with E-state index in [0.717, 1.165) is 49.4 Å². The Hall–Kier alpha value is -1.22. The van der Waals surface area contributed by atoms with Crippen LogP contribution in [0.4, 0.5) is 0 Å². The van der Waals surface area contributed by atoms with Crippen LogP contribution in [0, 0.1) is 0 Å². The molecule has 0 saturated heterocycles. The molecular weight excluding hydrogens is 250 g/mol. The second kappa shape index (κ2) is 4.96. The third-order valence-corrected chi connectivity index (χ3v) is 4.57. The first-order chi connectivity index (χ1) is 9.55. The molecule has 2 N–H and O–H groups in total. The van der Waals surface area contributed by atoms with Crippen LogP contribution >= 0.6 is 0 Å². The summed E-state index contributed by atoms with van der Waals surface area (Å²) < 4.78 is 12.1. The Labute approximate surface area is 121 Å². The maximum Gasteiger partial charge on any atom is 0.125 e. The lowest BCUT2D eigenvalue weighted by Crippen LogP contribution is -2.49. The normalized spacial score (nSPS) is 27.1. The van der Waals surface area contributed by atoms with E-state index in [-0.39, 0.29) is 11.1 Å². The Morgan fingerprint density at radius 3 is 2.75 bits per heavy atom. The van der Waals surface area contributed by atoms with Gasteiger partial charge >= 0.3 is 0 Å². The molecule has 1 fully saturated rings. The number of benzene rings is 1. The highest BCUT2D eigenvalue weighted by Gasteiger charge is 2.46. The van der Waals surface area contributed by atoms with Crippen molar-refractivity contribution in [3.8, 4) is 11.5 Å². The molecule has 20 heavy (non-hydrogen) atoms. The topological polar surface area (TPSA) is 44.5 Å². The van der Waals surface area contributed by atoms with Crippen LogP contribution in [0.25, 0.3) is 0 Å². The highest BCUT2D eigenvalue weighted by atomic mass is 16.5. The van der Waals surface area contributed by atoms with Gasteiger partial charge in [-0.2, -0.15) is 0 Å². The van der Waals surface area contributed by atoms with Crippen molar-refractivity contribution in [2.75, 3.05) is 6.61 Å². The molecule has 1 heterocycles. The minimum Gasteiger partial charge on any atom is -0.494 e. The van der Waals surface area contributed by atoms with E-state index in [1.165, 1.54) is 12.8 Å². The van der Waals surface area contributed by atoms with Gasteiger partial charge in [0, 0.05) is 17.5 Å². The van der Waals surface area contributed by atoms with Crippen LogP contribution in [-0.2, 0) is 5.54 Å². The summed E-state index contributed by atoms with van der Waals surface area (Å²) in [7, 11) is 0. The number of ether oxygens (including phenoxy) is 2. The third kappa shape index (κ3) is 2.39. The Bertz CT molecular complexity index is 490. The van der Waals surface area contributed by atoms with Crippen LogP contribution in [0.5, 0.6) is 11.5 Å². The molecular formula is C17H25NO2. The Balaban J connectivity index is 1.92. The van der Waals surface area contributed by atoms with Crippen molar-refractivity contribution in [2.24, 2.45) is 5.73 Å². The van der Waals surface area contributed by atoms with Gasteiger partial charge in [-0.3, -0.25) is 0 Å². The molecule has 1 aliphatic heterocycles. The van der Waals surface area contributed by atoms with Gasteiger partial charge in [0.1, 0.15) is 17.1 Å². The van der Waals surface area contributed by atoms with Crippen LogP contribution in [-0.4, -0.2) is 12.2 Å². The van der Waals surface area contributed by atoms with Crippen LogP contribution in [0.3, 0.4) is 0 Å². The van der Waals surface area contributed by atoms with Gasteiger partial charge in [-0.1, -0.05) is 6.92 Å². The average Bonchev–Trinajstić information content (AvgIpc) is 2.83. The Morgan fingerprint density at radius 1 is 1.30 bits per heavy atom. The van der Waals surface area contributed by atoms with E-state index in [9.17, 15) is 0 Å². The molecule has 1 saturated carbocycles. The highest BCUT2D eigenvalue weighted by molar-refractivity contribution is 5.46. The lowest BCUT2D eigenvalue weighted by Gasteiger charge is -2.44. The summed E-state index contributed by atoms with van der Waals surface area (Å²) in [4.78, 5) is 0. The number of nitrogens with two attached hydrogens (primary N) is 1. The van der Waals surface area contributed by atoms with Gasteiger partial charge in [0.2, 0.25) is 0 Å². The molecule has 1 spiro atoms. The maximum absolute atomic E-state index is 6.61. The largest absolute Gasteiger partial charge is 0.494 e. The van der Waals surface area contributed by atoms with Gasteiger partial charge in [0.25, 0.3) is 0 Å². The predicted octanol–water partition coefficient (Wildman–Crippen LogP) is 3.74. The van der Waals surface area contributed by atoms with Gasteiger partial charge in [-0.25, -0.2) is 0 Å². The average molecular weight is 275 g/mol. The van der Waals surface area contributed by atoms with E-state index in [0.29, 0.717) is 0 Å². The fourth-order valence-electron chi connectivity index (χ4n) is 3.69. The molecule has 3 heteroatoms. The van der Waals surface area contributed by atoms with E-state index < -0.39 is 0 Å². The van der Waals surface area contributed by atoms with Crippen molar-refractivity contribution in [3.63, 3.8) is 0 Å². The monoisotopic (exact) mass is 275 g/mol. The number of hydrogen-bond acceptors (Lipinski definition) is 3. The zero-order valence-electron chi connectivity index (χ0n) is 12.6. The summed E-state index contributed by atoms with van der Waals surface area (Å²) >= 11 is 0. The molecule has 1 aromatic rings. The van der Waals surface area contributed by atoms with Crippen molar-refractivity contribution in [3.05, 3.63) is 23.8 Å². The fourth-order valence-corrected chi connectivity index (χ4v) is 3.69. The highest BCUT2D eigenvalue weighted by Crippen LogP contribution is 2.49. The van der Waals surface area contributed by atoms with Crippen LogP contribution in [0.1, 0.15) is 57.9 Å². The quantitative estimate of drug-likeness (QED) is 0.913. The van der Waals surface area contributed by atoms with Crippen molar-refractivity contribution < 1.29 is 9.47 Å². The van der Waals surface area contributed by atoms with Crippen molar-refractivity contribution in [1.29, 1.82) is 0 Å². The summed E-state index contributed by atoms with van der Waals surface area (Å²) in [6.07, 6.45) is 6.69. The van der Waals surface area contributed by atoms with E-state index in [2.05, 4.69) is 19.9 Å². The number of rotatable bonds is 3. The summed E-state index contributed by atoms with van der Waals surface area (Å²) in [6, 6.07) is 6.09. The SMILES string of the molecule is CCCOc1ccc2c(c1)C(C)(N)CC1(CCCC1)O2. The smallest absolute Gasteiger partial charge is 0.125 e. The molecule has 3 nitrogen and oxygen atoms in total. The molecule has 0 bridgehead atoms. The first-order valence-corrected chi connectivity index (χ1v) is 7.80. The lowest BCUT2D eigenvalue weighted by atomic mass is 9.77. The molecule has 1 unspecified atom stereocenters. The van der Waals surface area contributed by atoms with Crippen LogP contribution in [0.2, 0.25) is 0 Å². The molecule has 1 atom stereocenters. The summed E-state index contributed by atoms with van der Waals surface area (Å²) in [6.45, 7) is 4.97. The molecule has 0 aromatic heterocycles. The third-order valence-electron chi connectivity index (χ3n) is 4.57. The molecule has 3 rings (SSSR count). The minimum absolute atomic E-state index is 0.0255. The van der Waals surface area contributed by atoms with Crippen molar-refractivity contribution in [2.45, 2.75) is 63.5 Å². The fraction of sp³-hybridized carbons (Fsp3) is 0.647. The van der Waals surface area contributed by atoms with Crippen LogP contribution < -0.4 is 15.2 Å². The summed E-state index contributed by atoms with van der Waals surface area (Å²) in [5, 5.41) is 0. The van der Waals surface area contributed by atoms with E-state index in [1.54, 1.807) is 0 Å². The molecule has 0 amide bonds. The second-order valence-corrected chi connectivity index (χ2v) is 6.59. The van der Waals surface area contributed by atoms with E-state index in [4.69, 9.17) is 15.2 Å². The number of fused-ring (bicyclic) bond motifs is 1. The van der Waals surface area contributed by atoms with Gasteiger partial charge < -0.3 is 15.2 Å². The molecule has 1 aliphatic carbocycles. The molecule has 0 radical (unpaired) electrons. The number of hydrogen-bond donors (Lipinski definition) is 1. The lowest BCUT2D eigenvalue weighted by molar-refractivity contribution is 0.0222. The summed E-state index contributed by atoms with van der Waals surface area (Å²) in [5.74, 6) is 1.85. The first-order valence-electron chi connectivity index (χ1n) is 7.80. The van der Waals surface area contributed by atoms with Crippen molar-refractivity contribution >= 4 is 0 Å². The van der Waals surface area contributed by atoms with Crippen molar-refractivity contribution in [1.82, 2.24) is 0 Å². The van der Waals surface area contributed by atoms with E-state index in [1.807, 2.05) is 12.1 Å². The molecule has 110 valence electrons. The van der Waals surface area contributed by atoms with Gasteiger partial charge in [-0.15, -0.1) is 0 Å². The standard InChI is InChI=1S/C17H25NO2/c1-3-10-19-13-6-7-15-14(11-13)16(2,18)12-17(20-15)8-4-5-9-17/h6-7,11H,3-5,8-10,12,18H2,1-2H3. The van der Waals surface area contributed by atoms with Gasteiger partial charge in [-0.05, 0) is 57.2 Å². The van der Waals surface area contributed by atoms with Gasteiger partial charge in [0.15, 0.2) is 0 Å². The van der Waals surface area contributed by atoms with Gasteiger partial charge in [0.05, 0.1) is 6.61 Å². The zero-order chi connectivity index (χ0) is 14.2. The Kier molecular flexibility index (Phi) is 3.41.